The second kappa shape index (κ2) is 8.68. The molecule has 1 aromatic heterocycles. The van der Waals surface area contributed by atoms with Crippen LogP contribution >= 0.6 is 0 Å². The fourth-order valence-electron chi connectivity index (χ4n) is 4.68. The van der Waals surface area contributed by atoms with E-state index in [9.17, 15) is 4.79 Å². The molecule has 162 valence electrons. The van der Waals surface area contributed by atoms with Gasteiger partial charge in [0.2, 0.25) is 5.91 Å². The molecule has 3 heterocycles. The van der Waals surface area contributed by atoms with Crippen molar-refractivity contribution in [3.05, 3.63) is 41.2 Å². The van der Waals surface area contributed by atoms with E-state index in [0.717, 1.165) is 55.2 Å². The SMILES string of the molecule is COc1ccc2c(c1)CN(C(C)=O)C[C@H]([C@@H]1CCCN(Cc3cn(C)nc3C)C1)O2. The molecule has 7 nitrogen and oxygen atoms in total. The number of carbonyl (C=O) groups excluding carboxylic acids is 1. The minimum atomic E-state index is -0.0126. The maximum absolute atomic E-state index is 12.3. The normalized spacial score (nSPS) is 22.2. The number of hydrogen-bond acceptors (Lipinski definition) is 5. The number of carbonyl (C=O) groups is 1. The van der Waals surface area contributed by atoms with Gasteiger partial charge in [-0.15, -0.1) is 0 Å². The van der Waals surface area contributed by atoms with E-state index in [1.54, 1.807) is 14.0 Å². The van der Waals surface area contributed by atoms with Gasteiger partial charge in [-0.2, -0.15) is 5.10 Å². The van der Waals surface area contributed by atoms with E-state index < -0.39 is 0 Å². The topological polar surface area (TPSA) is 59.8 Å². The van der Waals surface area contributed by atoms with Gasteiger partial charge >= 0.3 is 0 Å². The van der Waals surface area contributed by atoms with Gasteiger partial charge in [-0.05, 0) is 44.5 Å². The van der Waals surface area contributed by atoms with Crippen molar-refractivity contribution in [1.82, 2.24) is 19.6 Å². The fraction of sp³-hybridized carbons (Fsp3) is 0.565. The van der Waals surface area contributed by atoms with Crippen molar-refractivity contribution in [1.29, 1.82) is 0 Å². The van der Waals surface area contributed by atoms with E-state index in [2.05, 4.69) is 23.1 Å². The molecule has 4 rings (SSSR count). The molecule has 0 N–H and O–H groups in total. The Morgan fingerprint density at radius 1 is 1.33 bits per heavy atom. The molecule has 1 amide bonds. The van der Waals surface area contributed by atoms with Gasteiger partial charge in [-0.1, -0.05) is 0 Å². The molecule has 2 aromatic rings. The van der Waals surface area contributed by atoms with Gasteiger partial charge in [0, 0.05) is 56.8 Å². The lowest BCUT2D eigenvalue weighted by Crippen LogP contribution is -2.46. The molecule has 2 atom stereocenters. The summed E-state index contributed by atoms with van der Waals surface area (Å²) < 4.78 is 13.8. The summed E-state index contributed by atoms with van der Waals surface area (Å²) in [5.74, 6) is 2.11. The second-order valence-corrected chi connectivity index (χ2v) is 8.58. The second-order valence-electron chi connectivity index (χ2n) is 8.58. The van der Waals surface area contributed by atoms with Gasteiger partial charge in [-0.3, -0.25) is 14.4 Å². The molecule has 0 saturated carbocycles. The van der Waals surface area contributed by atoms with Crippen LogP contribution in [-0.4, -0.2) is 58.3 Å². The highest BCUT2D eigenvalue weighted by Gasteiger charge is 2.33. The number of hydrogen-bond donors (Lipinski definition) is 0. The van der Waals surface area contributed by atoms with Crippen LogP contribution in [0, 0.1) is 12.8 Å². The van der Waals surface area contributed by atoms with Crippen LogP contribution in [0.25, 0.3) is 0 Å². The fourth-order valence-corrected chi connectivity index (χ4v) is 4.68. The number of piperidine rings is 1. The van der Waals surface area contributed by atoms with Gasteiger partial charge in [0.25, 0.3) is 0 Å². The lowest BCUT2D eigenvalue weighted by molar-refractivity contribution is -0.130. The van der Waals surface area contributed by atoms with Gasteiger partial charge in [0.05, 0.1) is 19.3 Å². The molecule has 30 heavy (non-hydrogen) atoms. The van der Waals surface area contributed by atoms with Crippen molar-refractivity contribution >= 4 is 5.91 Å². The molecular formula is C23H32N4O3. The van der Waals surface area contributed by atoms with E-state index in [0.29, 0.717) is 19.0 Å². The van der Waals surface area contributed by atoms with E-state index in [-0.39, 0.29) is 12.0 Å². The number of aromatic nitrogens is 2. The summed E-state index contributed by atoms with van der Waals surface area (Å²) in [6.45, 7) is 7.85. The number of ether oxygens (including phenoxy) is 2. The maximum atomic E-state index is 12.3. The molecule has 1 saturated heterocycles. The van der Waals surface area contributed by atoms with Gasteiger partial charge < -0.3 is 14.4 Å². The Morgan fingerprint density at radius 2 is 2.17 bits per heavy atom. The highest BCUT2D eigenvalue weighted by atomic mass is 16.5. The molecule has 0 radical (unpaired) electrons. The summed E-state index contributed by atoms with van der Waals surface area (Å²) in [6.07, 6.45) is 4.35. The summed E-state index contributed by atoms with van der Waals surface area (Å²) in [6, 6.07) is 5.88. The number of rotatable bonds is 4. The molecule has 0 unspecified atom stereocenters. The summed E-state index contributed by atoms with van der Waals surface area (Å²) in [5.41, 5.74) is 3.38. The number of nitrogens with zero attached hydrogens (tertiary/aromatic N) is 4. The van der Waals surface area contributed by atoms with E-state index in [1.165, 1.54) is 5.56 Å². The average molecular weight is 413 g/mol. The first-order valence-corrected chi connectivity index (χ1v) is 10.7. The van der Waals surface area contributed by atoms with Crippen LogP contribution in [0.2, 0.25) is 0 Å². The summed E-state index contributed by atoms with van der Waals surface area (Å²) >= 11 is 0. The standard InChI is InChI=1S/C23H32N4O3/c1-16-20(11-25(3)24-16)13-26-9-5-6-18(12-26)23-15-27(17(2)28)14-19-10-21(29-4)7-8-22(19)30-23/h7-8,10-11,18,23H,5-6,9,12-15H2,1-4H3/t18-,23-/m1/s1. The molecule has 1 aromatic carbocycles. The van der Waals surface area contributed by atoms with Crippen molar-refractivity contribution in [2.24, 2.45) is 13.0 Å². The third-order valence-electron chi connectivity index (χ3n) is 6.33. The molecule has 1 fully saturated rings. The van der Waals surface area contributed by atoms with Crippen molar-refractivity contribution in [2.75, 3.05) is 26.7 Å². The number of benzene rings is 1. The average Bonchev–Trinajstić information content (AvgIpc) is 2.93. The quantitative estimate of drug-likeness (QED) is 0.773. The Balaban J connectivity index is 1.52. The number of amides is 1. The van der Waals surface area contributed by atoms with Crippen molar-refractivity contribution in [3.63, 3.8) is 0 Å². The van der Waals surface area contributed by atoms with Crippen molar-refractivity contribution in [2.45, 2.75) is 45.9 Å². The molecule has 0 bridgehead atoms. The smallest absolute Gasteiger partial charge is 0.219 e. The summed E-state index contributed by atoms with van der Waals surface area (Å²) in [4.78, 5) is 16.7. The monoisotopic (exact) mass is 412 g/mol. The first-order chi connectivity index (χ1) is 14.4. The maximum Gasteiger partial charge on any atom is 0.219 e. The highest BCUT2D eigenvalue weighted by Crippen LogP contribution is 2.33. The molecule has 0 spiro atoms. The first kappa shape index (κ1) is 20.7. The van der Waals surface area contributed by atoms with Crippen LogP contribution < -0.4 is 9.47 Å². The molecule has 0 aliphatic carbocycles. The zero-order chi connectivity index (χ0) is 21.3. The third kappa shape index (κ3) is 4.46. The number of likely N-dealkylation sites (tertiary alicyclic amines) is 1. The molecular weight excluding hydrogens is 380 g/mol. The molecule has 2 aliphatic heterocycles. The van der Waals surface area contributed by atoms with Gasteiger partial charge in [0.15, 0.2) is 0 Å². The van der Waals surface area contributed by atoms with Crippen molar-refractivity contribution < 1.29 is 14.3 Å². The van der Waals surface area contributed by atoms with Crippen LogP contribution in [0.3, 0.4) is 0 Å². The van der Waals surface area contributed by atoms with Crippen LogP contribution in [0.1, 0.15) is 36.6 Å². The minimum Gasteiger partial charge on any atom is -0.497 e. The van der Waals surface area contributed by atoms with Gasteiger partial charge in [0.1, 0.15) is 17.6 Å². The van der Waals surface area contributed by atoms with E-state index in [4.69, 9.17) is 9.47 Å². The number of aryl methyl sites for hydroxylation is 2. The minimum absolute atomic E-state index is 0.0126. The molecule has 2 aliphatic rings. The Kier molecular flexibility index (Phi) is 5.99. The lowest BCUT2D eigenvalue weighted by atomic mass is 9.91. The zero-order valence-corrected chi connectivity index (χ0v) is 18.4. The van der Waals surface area contributed by atoms with Crippen LogP contribution in [0.4, 0.5) is 0 Å². The Hall–Kier alpha value is -2.54. The Morgan fingerprint density at radius 3 is 2.87 bits per heavy atom. The summed E-state index contributed by atoms with van der Waals surface area (Å²) in [5, 5.41) is 4.48. The number of fused-ring (bicyclic) bond motifs is 1. The highest BCUT2D eigenvalue weighted by molar-refractivity contribution is 5.73. The molecule has 7 heteroatoms. The summed E-state index contributed by atoms with van der Waals surface area (Å²) in [7, 11) is 3.63. The van der Waals surface area contributed by atoms with Gasteiger partial charge in [-0.25, -0.2) is 0 Å². The number of methoxy groups -OCH3 is 1. The Labute approximate surface area is 178 Å². The van der Waals surface area contributed by atoms with Crippen LogP contribution in [0.15, 0.2) is 24.4 Å². The van der Waals surface area contributed by atoms with Crippen LogP contribution in [0.5, 0.6) is 11.5 Å². The zero-order valence-electron chi connectivity index (χ0n) is 18.4. The largest absolute Gasteiger partial charge is 0.497 e. The van der Waals surface area contributed by atoms with Crippen LogP contribution in [-0.2, 0) is 24.9 Å². The predicted molar refractivity (Wildman–Crippen MR) is 114 cm³/mol. The predicted octanol–water partition coefficient (Wildman–Crippen LogP) is 2.76. The third-order valence-corrected chi connectivity index (χ3v) is 6.33. The van der Waals surface area contributed by atoms with E-state index >= 15 is 0 Å². The van der Waals surface area contributed by atoms with Crippen molar-refractivity contribution in [3.8, 4) is 11.5 Å². The Bertz CT molecular complexity index is 910. The lowest BCUT2D eigenvalue weighted by Gasteiger charge is -2.37. The van der Waals surface area contributed by atoms with E-state index in [1.807, 2.05) is 34.8 Å². The first-order valence-electron chi connectivity index (χ1n) is 10.7.